The Bertz CT molecular complexity index is 1200. The van der Waals surface area contributed by atoms with Gasteiger partial charge >= 0.3 is 0 Å². The first-order valence-corrected chi connectivity index (χ1v) is 11.9. The number of nitrogens with one attached hydrogen (secondary N) is 1. The van der Waals surface area contributed by atoms with Crippen LogP contribution in [0.3, 0.4) is 0 Å². The van der Waals surface area contributed by atoms with Crippen LogP contribution in [0, 0.1) is 11.3 Å². The van der Waals surface area contributed by atoms with Gasteiger partial charge in [-0.2, -0.15) is 0 Å². The zero-order valence-electron chi connectivity index (χ0n) is 21.5. The summed E-state index contributed by atoms with van der Waals surface area (Å²) < 4.78 is 16.9. The van der Waals surface area contributed by atoms with E-state index in [0.717, 1.165) is 11.4 Å². The van der Waals surface area contributed by atoms with Crippen LogP contribution in [0.25, 0.3) is 0 Å². The molecule has 1 aliphatic carbocycles. The lowest BCUT2D eigenvalue weighted by Crippen LogP contribution is -2.41. The molecule has 0 radical (unpaired) electrons. The van der Waals surface area contributed by atoms with Gasteiger partial charge in [0, 0.05) is 35.2 Å². The van der Waals surface area contributed by atoms with Crippen LogP contribution in [-0.2, 0) is 9.59 Å². The topological polar surface area (TPSA) is 77.1 Å². The number of para-hydroxylation sites is 2. The maximum Gasteiger partial charge on any atom is 0.230 e. The Labute approximate surface area is 207 Å². The van der Waals surface area contributed by atoms with Crippen molar-refractivity contribution in [3.05, 3.63) is 53.2 Å². The number of anilines is 2. The summed E-state index contributed by atoms with van der Waals surface area (Å²) in [5, 5.41) is 3.53. The van der Waals surface area contributed by atoms with E-state index in [-0.39, 0.29) is 23.0 Å². The molecule has 0 saturated carbocycles. The van der Waals surface area contributed by atoms with Crippen LogP contribution < -0.4 is 24.4 Å². The Morgan fingerprint density at radius 3 is 2.26 bits per heavy atom. The Balaban J connectivity index is 2.09. The number of ketones is 1. The zero-order chi connectivity index (χ0) is 25.5. The van der Waals surface area contributed by atoms with Crippen molar-refractivity contribution in [2.45, 2.75) is 46.6 Å². The van der Waals surface area contributed by atoms with E-state index in [4.69, 9.17) is 14.2 Å². The van der Waals surface area contributed by atoms with Gasteiger partial charge in [0.15, 0.2) is 17.3 Å². The first-order valence-electron chi connectivity index (χ1n) is 11.9. The summed E-state index contributed by atoms with van der Waals surface area (Å²) >= 11 is 0. The molecular formula is C28H34N2O5. The quantitative estimate of drug-likeness (QED) is 0.611. The van der Waals surface area contributed by atoms with Crippen molar-refractivity contribution in [3.8, 4) is 17.2 Å². The molecule has 1 N–H and O–H groups in total. The summed E-state index contributed by atoms with van der Waals surface area (Å²) in [6.45, 7) is 7.92. The summed E-state index contributed by atoms with van der Waals surface area (Å²) in [5.41, 5.74) is 3.38. The smallest absolute Gasteiger partial charge is 0.230 e. The SMILES string of the molecule is COc1cc(OC)c([C@@H]2C3=C(CC(C)(C)CC3=O)Nc3ccccc3N2C(=O)C(C)C)cc1OC. The van der Waals surface area contributed by atoms with Crippen molar-refractivity contribution in [2.75, 3.05) is 31.5 Å². The lowest BCUT2D eigenvalue weighted by Gasteiger charge is -2.38. The number of hydrogen-bond donors (Lipinski definition) is 1. The summed E-state index contributed by atoms with van der Waals surface area (Å²) in [4.78, 5) is 29.4. The predicted molar refractivity (Wildman–Crippen MR) is 136 cm³/mol. The molecule has 0 spiro atoms. The summed E-state index contributed by atoms with van der Waals surface area (Å²) in [5.74, 6) is 1.14. The number of carbonyl (C=O) groups excluding carboxylic acids is 2. The van der Waals surface area contributed by atoms with E-state index >= 15 is 0 Å². The van der Waals surface area contributed by atoms with Crippen LogP contribution in [0.1, 0.15) is 52.1 Å². The minimum Gasteiger partial charge on any atom is -0.496 e. The minimum atomic E-state index is -0.700. The van der Waals surface area contributed by atoms with Gasteiger partial charge in [0.1, 0.15) is 5.75 Å². The number of allylic oxidation sites excluding steroid dienone is 1. The Morgan fingerprint density at radius 1 is 1.00 bits per heavy atom. The van der Waals surface area contributed by atoms with Gasteiger partial charge in [0.25, 0.3) is 0 Å². The first kappa shape index (κ1) is 24.6. The molecule has 4 rings (SSSR count). The van der Waals surface area contributed by atoms with Crippen molar-refractivity contribution >= 4 is 23.1 Å². The molecule has 1 atom stereocenters. The predicted octanol–water partition coefficient (Wildman–Crippen LogP) is 5.51. The molecule has 2 aliphatic rings. The van der Waals surface area contributed by atoms with Gasteiger partial charge < -0.3 is 19.5 Å². The number of rotatable bonds is 5. The first-order chi connectivity index (χ1) is 16.6. The largest absolute Gasteiger partial charge is 0.496 e. The van der Waals surface area contributed by atoms with Crippen LogP contribution in [-0.4, -0.2) is 33.0 Å². The zero-order valence-corrected chi connectivity index (χ0v) is 21.5. The van der Waals surface area contributed by atoms with Crippen LogP contribution in [0.5, 0.6) is 17.2 Å². The minimum absolute atomic E-state index is 0.0138. The number of Topliss-reactive ketones (excluding diaryl/α,β-unsaturated/α-hetero) is 1. The van der Waals surface area contributed by atoms with E-state index in [1.165, 1.54) is 0 Å². The molecule has 0 bridgehead atoms. The average Bonchev–Trinajstić information content (AvgIpc) is 2.95. The summed E-state index contributed by atoms with van der Waals surface area (Å²) in [6, 6.07) is 10.5. The highest BCUT2D eigenvalue weighted by Crippen LogP contribution is 2.51. The highest BCUT2D eigenvalue weighted by molar-refractivity contribution is 6.07. The fourth-order valence-corrected chi connectivity index (χ4v) is 5.07. The third-order valence-corrected chi connectivity index (χ3v) is 6.66. The van der Waals surface area contributed by atoms with Crippen LogP contribution in [0.4, 0.5) is 11.4 Å². The van der Waals surface area contributed by atoms with Gasteiger partial charge in [0.2, 0.25) is 5.91 Å². The second-order valence-electron chi connectivity index (χ2n) is 10.2. The molecule has 35 heavy (non-hydrogen) atoms. The molecule has 2 aromatic carbocycles. The number of amides is 1. The fourth-order valence-electron chi connectivity index (χ4n) is 5.07. The van der Waals surface area contributed by atoms with Crippen LogP contribution in [0.15, 0.2) is 47.7 Å². The van der Waals surface area contributed by atoms with Gasteiger partial charge in [-0.1, -0.05) is 39.8 Å². The normalized spacial score (nSPS) is 18.9. The number of nitrogens with zero attached hydrogens (tertiary/aromatic N) is 1. The van der Waals surface area contributed by atoms with Gasteiger partial charge in [-0.15, -0.1) is 0 Å². The lowest BCUT2D eigenvalue weighted by molar-refractivity contribution is -0.122. The molecule has 2 aromatic rings. The fraction of sp³-hybridized carbons (Fsp3) is 0.429. The molecule has 186 valence electrons. The Hall–Kier alpha value is -3.48. The third kappa shape index (κ3) is 4.35. The van der Waals surface area contributed by atoms with Crippen LogP contribution in [0.2, 0.25) is 0 Å². The number of hydrogen-bond acceptors (Lipinski definition) is 6. The van der Waals surface area contributed by atoms with Gasteiger partial charge in [0.05, 0.1) is 38.7 Å². The number of benzene rings is 2. The summed E-state index contributed by atoms with van der Waals surface area (Å²) in [7, 11) is 4.70. The van der Waals surface area contributed by atoms with E-state index < -0.39 is 6.04 Å². The maximum absolute atomic E-state index is 13.9. The van der Waals surface area contributed by atoms with Crippen molar-refractivity contribution < 1.29 is 23.8 Å². The van der Waals surface area contributed by atoms with E-state index in [1.54, 1.807) is 32.3 Å². The molecule has 1 amide bonds. The van der Waals surface area contributed by atoms with Crippen molar-refractivity contribution in [1.29, 1.82) is 0 Å². The Morgan fingerprint density at radius 2 is 1.63 bits per heavy atom. The molecular weight excluding hydrogens is 444 g/mol. The standard InChI is InChI=1S/C28H34N2O5/c1-16(2)27(32)30-20-11-9-8-10-18(20)29-19-14-28(3,4)15-21(31)25(19)26(30)17-12-23(34-6)24(35-7)13-22(17)33-5/h8-13,16,26,29H,14-15H2,1-7H3/t26-/m1/s1. The molecule has 0 aromatic heterocycles. The molecule has 7 heteroatoms. The molecule has 0 unspecified atom stereocenters. The van der Waals surface area contributed by atoms with E-state index in [2.05, 4.69) is 19.2 Å². The van der Waals surface area contributed by atoms with Crippen molar-refractivity contribution in [2.24, 2.45) is 11.3 Å². The third-order valence-electron chi connectivity index (χ3n) is 6.66. The molecule has 0 saturated heterocycles. The van der Waals surface area contributed by atoms with Gasteiger partial charge in [-0.25, -0.2) is 0 Å². The number of methoxy groups -OCH3 is 3. The molecule has 7 nitrogen and oxygen atoms in total. The Kier molecular flexibility index (Phi) is 6.54. The van der Waals surface area contributed by atoms with E-state index in [0.29, 0.717) is 46.9 Å². The second-order valence-corrected chi connectivity index (χ2v) is 10.2. The molecule has 1 heterocycles. The highest BCUT2D eigenvalue weighted by Gasteiger charge is 2.44. The lowest BCUT2D eigenvalue weighted by atomic mass is 9.73. The van der Waals surface area contributed by atoms with E-state index in [1.807, 2.05) is 44.2 Å². The number of fused-ring (bicyclic) bond motifs is 1. The second kappa shape index (κ2) is 9.29. The van der Waals surface area contributed by atoms with Gasteiger partial charge in [-0.05, 0) is 30.0 Å². The average molecular weight is 479 g/mol. The monoisotopic (exact) mass is 478 g/mol. The number of ether oxygens (including phenoxy) is 3. The summed E-state index contributed by atoms with van der Waals surface area (Å²) in [6.07, 6.45) is 1.07. The van der Waals surface area contributed by atoms with E-state index in [9.17, 15) is 9.59 Å². The molecule has 1 aliphatic heterocycles. The van der Waals surface area contributed by atoms with Crippen molar-refractivity contribution in [3.63, 3.8) is 0 Å². The number of carbonyl (C=O) groups is 2. The van der Waals surface area contributed by atoms with Gasteiger partial charge in [-0.3, -0.25) is 14.5 Å². The highest BCUT2D eigenvalue weighted by atomic mass is 16.5. The maximum atomic E-state index is 13.9. The van der Waals surface area contributed by atoms with Crippen LogP contribution >= 0.6 is 0 Å². The van der Waals surface area contributed by atoms with Crippen molar-refractivity contribution in [1.82, 2.24) is 0 Å². The molecule has 0 fully saturated rings.